The molecule has 43 heavy (non-hydrogen) atoms. The van der Waals surface area contributed by atoms with Crippen molar-refractivity contribution < 1.29 is 31.9 Å². The molecule has 1 atom stereocenters. The molecule has 10 nitrogen and oxygen atoms in total. The maximum atomic E-state index is 13.4. The standard InChI is InChI=1S/C31H31FN4O6S/c1-22(31(38)34-19-24-4-3-17-33-18-24)36(20-23-5-11-27(41-2)12-6-23)30(37)21-42-28-13-15-29(16-14-28)43(39,40)35-26-9-7-25(32)8-10-26/h3-18,22,35H,19-21H2,1-2H3,(H,34,38)/t22-/m1/s1. The zero-order chi connectivity index (χ0) is 30.8. The average Bonchev–Trinajstić information content (AvgIpc) is 3.03. The number of nitrogens with one attached hydrogen (secondary N) is 2. The number of aromatic nitrogens is 1. The molecule has 224 valence electrons. The van der Waals surface area contributed by atoms with E-state index < -0.39 is 34.4 Å². The Balaban J connectivity index is 1.42. The number of benzene rings is 3. The number of hydrogen-bond donors (Lipinski definition) is 2. The lowest BCUT2D eigenvalue weighted by Gasteiger charge is -2.29. The van der Waals surface area contributed by atoms with Gasteiger partial charge in [0.25, 0.3) is 15.9 Å². The van der Waals surface area contributed by atoms with Crippen molar-refractivity contribution in [3.05, 3.63) is 114 Å². The van der Waals surface area contributed by atoms with Crippen LogP contribution in [0.2, 0.25) is 0 Å². The summed E-state index contributed by atoms with van der Waals surface area (Å²) in [6, 6.07) is 20.3. The zero-order valence-electron chi connectivity index (χ0n) is 23.6. The molecule has 0 unspecified atom stereocenters. The first-order chi connectivity index (χ1) is 20.6. The molecule has 1 heterocycles. The largest absolute Gasteiger partial charge is 0.497 e. The van der Waals surface area contributed by atoms with Crippen LogP contribution < -0.4 is 19.5 Å². The molecule has 2 N–H and O–H groups in total. The van der Waals surface area contributed by atoms with Crippen LogP contribution in [0.25, 0.3) is 0 Å². The van der Waals surface area contributed by atoms with Gasteiger partial charge in [-0.15, -0.1) is 0 Å². The molecule has 3 aromatic carbocycles. The highest BCUT2D eigenvalue weighted by Gasteiger charge is 2.26. The Morgan fingerprint density at radius 2 is 1.60 bits per heavy atom. The van der Waals surface area contributed by atoms with Gasteiger partial charge in [0.15, 0.2) is 6.61 Å². The van der Waals surface area contributed by atoms with Crippen LogP contribution in [0.15, 0.2) is 102 Å². The van der Waals surface area contributed by atoms with E-state index >= 15 is 0 Å². The lowest BCUT2D eigenvalue weighted by Crippen LogP contribution is -2.48. The first-order valence-electron chi connectivity index (χ1n) is 13.2. The van der Waals surface area contributed by atoms with Crippen LogP contribution in [-0.2, 0) is 32.7 Å². The molecule has 0 aliphatic rings. The third kappa shape index (κ3) is 8.76. The topological polar surface area (TPSA) is 127 Å². The van der Waals surface area contributed by atoms with Gasteiger partial charge < -0.3 is 19.7 Å². The molecule has 0 spiro atoms. The number of ether oxygens (including phenoxy) is 2. The predicted molar refractivity (Wildman–Crippen MR) is 158 cm³/mol. The van der Waals surface area contributed by atoms with Crippen molar-refractivity contribution in [2.24, 2.45) is 0 Å². The summed E-state index contributed by atoms with van der Waals surface area (Å²) in [5, 5.41) is 2.84. The Hall–Kier alpha value is -4.97. The molecular formula is C31H31FN4O6S. The molecule has 0 saturated heterocycles. The fraction of sp³-hybridized carbons (Fsp3) is 0.194. The van der Waals surface area contributed by atoms with Gasteiger partial charge in [0.05, 0.1) is 12.0 Å². The van der Waals surface area contributed by atoms with Crippen molar-refractivity contribution in [1.29, 1.82) is 0 Å². The smallest absolute Gasteiger partial charge is 0.261 e. The second-order valence-electron chi connectivity index (χ2n) is 9.50. The Kier molecular flexibility index (Phi) is 10.3. The van der Waals surface area contributed by atoms with Crippen molar-refractivity contribution in [3.8, 4) is 11.5 Å². The summed E-state index contributed by atoms with van der Waals surface area (Å²) in [5.74, 6) is -0.373. The maximum absolute atomic E-state index is 13.4. The second kappa shape index (κ2) is 14.3. The van der Waals surface area contributed by atoms with Gasteiger partial charge in [-0.1, -0.05) is 18.2 Å². The van der Waals surface area contributed by atoms with Crippen LogP contribution in [0.4, 0.5) is 10.1 Å². The van der Waals surface area contributed by atoms with Crippen LogP contribution in [0.5, 0.6) is 11.5 Å². The molecule has 0 aliphatic carbocycles. The number of rotatable bonds is 13. The average molecular weight is 607 g/mol. The first-order valence-corrected chi connectivity index (χ1v) is 14.7. The molecular weight excluding hydrogens is 575 g/mol. The van der Waals surface area contributed by atoms with Gasteiger partial charge in [-0.3, -0.25) is 19.3 Å². The fourth-order valence-electron chi connectivity index (χ4n) is 4.02. The van der Waals surface area contributed by atoms with E-state index in [0.29, 0.717) is 5.75 Å². The summed E-state index contributed by atoms with van der Waals surface area (Å²) in [6.07, 6.45) is 3.29. The molecule has 4 rings (SSSR count). The van der Waals surface area contributed by atoms with Gasteiger partial charge in [-0.2, -0.15) is 0 Å². The number of sulfonamides is 1. The van der Waals surface area contributed by atoms with Crippen molar-refractivity contribution in [2.75, 3.05) is 18.4 Å². The molecule has 0 radical (unpaired) electrons. The van der Waals surface area contributed by atoms with Gasteiger partial charge in [0, 0.05) is 31.2 Å². The summed E-state index contributed by atoms with van der Waals surface area (Å²) >= 11 is 0. The Labute approximate surface area is 249 Å². The molecule has 0 saturated carbocycles. The van der Waals surface area contributed by atoms with Crippen molar-refractivity contribution in [1.82, 2.24) is 15.2 Å². The number of methoxy groups -OCH3 is 1. The van der Waals surface area contributed by atoms with Gasteiger partial charge in [-0.05, 0) is 84.8 Å². The van der Waals surface area contributed by atoms with E-state index in [2.05, 4.69) is 15.0 Å². The van der Waals surface area contributed by atoms with Gasteiger partial charge in [0.1, 0.15) is 23.4 Å². The lowest BCUT2D eigenvalue weighted by atomic mass is 10.1. The minimum atomic E-state index is -3.93. The number of pyridine rings is 1. The SMILES string of the molecule is COc1ccc(CN(C(=O)COc2ccc(S(=O)(=O)Nc3ccc(F)cc3)cc2)[C@H](C)C(=O)NCc2cccnc2)cc1. The van der Waals surface area contributed by atoms with E-state index in [9.17, 15) is 22.4 Å². The minimum Gasteiger partial charge on any atom is -0.497 e. The number of halogens is 1. The summed E-state index contributed by atoms with van der Waals surface area (Å²) in [7, 11) is -2.38. The number of anilines is 1. The maximum Gasteiger partial charge on any atom is 0.261 e. The van der Waals surface area contributed by atoms with Crippen molar-refractivity contribution >= 4 is 27.5 Å². The number of nitrogens with zero attached hydrogens (tertiary/aromatic N) is 2. The zero-order valence-corrected chi connectivity index (χ0v) is 24.4. The van der Waals surface area contributed by atoms with Crippen LogP contribution in [-0.4, -0.2) is 49.9 Å². The van der Waals surface area contributed by atoms with E-state index in [1.165, 1.54) is 41.3 Å². The minimum absolute atomic E-state index is 0.0458. The van der Waals surface area contributed by atoms with Crippen molar-refractivity contribution in [2.45, 2.75) is 31.0 Å². The van der Waals surface area contributed by atoms with Crippen molar-refractivity contribution in [3.63, 3.8) is 0 Å². The second-order valence-corrected chi connectivity index (χ2v) is 11.2. The number of amides is 2. The molecule has 4 aromatic rings. The molecule has 0 fully saturated rings. The highest BCUT2D eigenvalue weighted by atomic mass is 32.2. The Morgan fingerprint density at radius 1 is 0.930 bits per heavy atom. The number of carbonyl (C=O) groups is 2. The first kappa shape index (κ1) is 31.0. The normalized spacial score (nSPS) is 11.7. The highest BCUT2D eigenvalue weighted by molar-refractivity contribution is 7.92. The lowest BCUT2D eigenvalue weighted by molar-refractivity contribution is -0.142. The quantitative estimate of drug-likeness (QED) is 0.234. The predicted octanol–water partition coefficient (Wildman–Crippen LogP) is 4.14. The van der Waals surface area contributed by atoms with Gasteiger partial charge >= 0.3 is 0 Å². The van der Waals surface area contributed by atoms with Crippen LogP contribution in [0.1, 0.15) is 18.1 Å². The van der Waals surface area contributed by atoms with E-state index in [-0.39, 0.29) is 35.3 Å². The van der Waals surface area contributed by atoms with Gasteiger partial charge in [0.2, 0.25) is 5.91 Å². The highest BCUT2D eigenvalue weighted by Crippen LogP contribution is 2.20. The van der Waals surface area contributed by atoms with E-state index in [1.807, 2.05) is 6.07 Å². The monoisotopic (exact) mass is 606 g/mol. The molecule has 2 amide bonds. The van der Waals surface area contributed by atoms with E-state index in [0.717, 1.165) is 23.3 Å². The molecule has 0 aliphatic heterocycles. The summed E-state index contributed by atoms with van der Waals surface area (Å²) in [4.78, 5) is 31.8. The molecule has 1 aromatic heterocycles. The Morgan fingerprint density at radius 3 is 2.23 bits per heavy atom. The summed E-state index contributed by atoms with van der Waals surface area (Å²) in [6.45, 7) is 1.63. The Bertz CT molecular complexity index is 1620. The van der Waals surface area contributed by atoms with Crippen LogP contribution in [0, 0.1) is 5.82 Å². The summed E-state index contributed by atoms with van der Waals surface area (Å²) in [5.41, 5.74) is 1.81. The number of carbonyl (C=O) groups excluding carboxylic acids is 2. The third-order valence-corrected chi connectivity index (χ3v) is 7.86. The van der Waals surface area contributed by atoms with E-state index in [1.54, 1.807) is 56.8 Å². The van der Waals surface area contributed by atoms with E-state index in [4.69, 9.17) is 9.47 Å². The third-order valence-electron chi connectivity index (χ3n) is 6.46. The molecule has 0 bridgehead atoms. The fourth-order valence-corrected chi connectivity index (χ4v) is 5.08. The van der Waals surface area contributed by atoms with Gasteiger partial charge in [-0.25, -0.2) is 12.8 Å². The number of hydrogen-bond acceptors (Lipinski definition) is 7. The summed E-state index contributed by atoms with van der Waals surface area (Å²) < 4.78 is 51.8. The van der Waals surface area contributed by atoms with Crippen LogP contribution >= 0.6 is 0 Å². The van der Waals surface area contributed by atoms with Crippen LogP contribution in [0.3, 0.4) is 0 Å². The molecule has 12 heteroatoms.